The number of H-pyrrole nitrogens is 1. The molecule has 1 aliphatic heterocycles. The van der Waals surface area contributed by atoms with Gasteiger partial charge in [-0.1, -0.05) is 30.1 Å². The average Bonchev–Trinajstić information content (AvgIpc) is 3.32. The third-order valence-electron chi connectivity index (χ3n) is 6.75. The zero-order chi connectivity index (χ0) is 28.9. The molecule has 15 heteroatoms. The van der Waals surface area contributed by atoms with Crippen molar-refractivity contribution in [2.75, 3.05) is 18.8 Å². The van der Waals surface area contributed by atoms with Crippen molar-refractivity contribution in [2.45, 2.75) is 37.5 Å². The summed E-state index contributed by atoms with van der Waals surface area (Å²) in [6, 6.07) is 4.47. The van der Waals surface area contributed by atoms with Crippen molar-refractivity contribution in [2.24, 2.45) is 11.7 Å². The Bertz CT molecular complexity index is 1700. The molecule has 1 aromatic heterocycles. The van der Waals surface area contributed by atoms with Gasteiger partial charge >= 0.3 is 11.9 Å². The highest BCUT2D eigenvalue weighted by Crippen LogP contribution is 2.39. The molecule has 0 bridgehead atoms. The van der Waals surface area contributed by atoms with Crippen LogP contribution in [0.15, 0.2) is 38.8 Å². The number of hydrogen-bond donors (Lipinski definition) is 2. The summed E-state index contributed by atoms with van der Waals surface area (Å²) in [5.74, 6) is -1.34. The van der Waals surface area contributed by atoms with Gasteiger partial charge in [-0.2, -0.15) is 13.2 Å². The predicted octanol–water partition coefficient (Wildman–Crippen LogP) is 3.16. The lowest BCUT2D eigenvalue weighted by molar-refractivity contribution is -0.138. The molecular weight excluding hydrogens is 584 g/mol. The molecule has 1 atom stereocenters. The molecule has 2 heterocycles. The highest BCUT2D eigenvalue weighted by Gasteiger charge is 2.37. The lowest BCUT2D eigenvalue weighted by Gasteiger charge is -2.21. The number of hydrogen-bond acceptors (Lipinski definition) is 6. The van der Waals surface area contributed by atoms with E-state index in [0.717, 1.165) is 0 Å². The van der Waals surface area contributed by atoms with Crippen LogP contribution in [0.3, 0.4) is 0 Å². The first-order valence-corrected chi connectivity index (χ1v) is 14.1. The van der Waals surface area contributed by atoms with Crippen molar-refractivity contribution in [1.82, 2.24) is 14.5 Å². The first-order valence-electron chi connectivity index (χ1n) is 11.7. The van der Waals surface area contributed by atoms with E-state index in [1.165, 1.54) is 25.1 Å². The number of aromatic amines is 1. The van der Waals surface area contributed by atoms with Crippen molar-refractivity contribution in [3.05, 3.63) is 71.8 Å². The molecule has 1 amide bonds. The largest absolute Gasteiger partial charge is 0.416 e. The van der Waals surface area contributed by atoms with E-state index >= 15 is 0 Å². The summed E-state index contributed by atoms with van der Waals surface area (Å²) in [5.41, 5.74) is 1.42. The number of carbonyl (C=O) groups is 1. The van der Waals surface area contributed by atoms with Gasteiger partial charge in [-0.25, -0.2) is 13.2 Å². The monoisotopic (exact) mass is 606 g/mol. The van der Waals surface area contributed by atoms with E-state index in [0.29, 0.717) is 23.6 Å². The molecule has 0 radical (unpaired) electrons. The third kappa shape index (κ3) is 5.72. The molecule has 1 fully saturated rings. The van der Waals surface area contributed by atoms with Crippen LogP contribution in [0.5, 0.6) is 0 Å². The van der Waals surface area contributed by atoms with Crippen molar-refractivity contribution >= 4 is 49.8 Å². The molecule has 3 aromatic rings. The zero-order valence-electron chi connectivity index (χ0n) is 20.4. The van der Waals surface area contributed by atoms with Gasteiger partial charge in [0.2, 0.25) is 5.91 Å². The summed E-state index contributed by atoms with van der Waals surface area (Å²) in [6.07, 6.45) is -4.53. The fraction of sp³-hybridized carbons (Fsp3) is 0.375. The van der Waals surface area contributed by atoms with Gasteiger partial charge in [0.05, 0.1) is 44.6 Å². The number of benzene rings is 2. The maximum absolute atomic E-state index is 14.1. The normalized spacial score (nSPS) is 16.7. The molecule has 2 aromatic carbocycles. The molecule has 0 aliphatic carbocycles. The highest BCUT2D eigenvalue weighted by atomic mass is 35.5. The van der Waals surface area contributed by atoms with Crippen molar-refractivity contribution in [3.8, 4) is 0 Å². The van der Waals surface area contributed by atoms with Crippen molar-refractivity contribution in [1.29, 1.82) is 0 Å². The van der Waals surface area contributed by atoms with Gasteiger partial charge in [-0.15, -0.1) is 0 Å². The molecule has 210 valence electrons. The maximum atomic E-state index is 14.1. The fourth-order valence-corrected chi connectivity index (χ4v) is 6.29. The SMILES string of the molecule is CCS(=O)(=O)c1ccc(Cl)cc1Cn1c(=O)[nH]c2c(Cl)c(CN3CC[C@@H](C(N)=O)C3)c(C(F)(F)F)cc2c1=O. The quantitative estimate of drug-likeness (QED) is 0.424. The number of alkyl halides is 3. The van der Waals surface area contributed by atoms with Crippen LogP contribution in [0.25, 0.3) is 10.9 Å². The van der Waals surface area contributed by atoms with Gasteiger partial charge in [0.25, 0.3) is 5.56 Å². The Kier molecular flexibility index (Phi) is 7.92. The van der Waals surface area contributed by atoms with E-state index in [4.69, 9.17) is 28.9 Å². The Morgan fingerprint density at radius 3 is 2.46 bits per heavy atom. The number of nitrogens with one attached hydrogen (secondary N) is 1. The van der Waals surface area contributed by atoms with E-state index in [1.54, 1.807) is 4.90 Å². The third-order valence-corrected chi connectivity index (χ3v) is 9.23. The van der Waals surface area contributed by atoms with E-state index < -0.39 is 61.6 Å². The first-order chi connectivity index (χ1) is 18.1. The molecule has 1 saturated heterocycles. The van der Waals surface area contributed by atoms with Crippen LogP contribution in [-0.4, -0.2) is 47.6 Å². The van der Waals surface area contributed by atoms with Gasteiger partial charge in [0, 0.05) is 18.1 Å². The Morgan fingerprint density at radius 1 is 1.18 bits per heavy atom. The minimum absolute atomic E-state index is 0.0214. The second-order valence-electron chi connectivity index (χ2n) is 9.24. The van der Waals surface area contributed by atoms with Crippen LogP contribution in [0.4, 0.5) is 13.2 Å². The van der Waals surface area contributed by atoms with Crippen LogP contribution in [0.1, 0.15) is 30.0 Å². The van der Waals surface area contributed by atoms with E-state index in [1.807, 2.05) is 0 Å². The number of nitrogens with two attached hydrogens (primary N) is 1. The first kappa shape index (κ1) is 29.1. The number of carbonyl (C=O) groups excluding carboxylic acids is 1. The Labute approximate surface area is 230 Å². The highest BCUT2D eigenvalue weighted by molar-refractivity contribution is 7.91. The fourth-order valence-electron chi connectivity index (χ4n) is 4.68. The molecular formula is C24H23Cl2F3N4O5S. The number of amides is 1. The Balaban J connectivity index is 1.87. The summed E-state index contributed by atoms with van der Waals surface area (Å²) in [7, 11) is -3.78. The summed E-state index contributed by atoms with van der Waals surface area (Å²) < 4.78 is 68.1. The van der Waals surface area contributed by atoms with E-state index in [2.05, 4.69) is 4.98 Å². The predicted molar refractivity (Wildman–Crippen MR) is 140 cm³/mol. The number of aromatic nitrogens is 2. The minimum atomic E-state index is -4.90. The lowest BCUT2D eigenvalue weighted by atomic mass is 10.0. The Morgan fingerprint density at radius 2 is 1.87 bits per heavy atom. The minimum Gasteiger partial charge on any atom is -0.369 e. The molecule has 1 aliphatic rings. The molecule has 0 spiro atoms. The molecule has 4 rings (SSSR count). The maximum Gasteiger partial charge on any atom is 0.416 e. The lowest BCUT2D eigenvalue weighted by Crippen LogP contribution is -2.36. The van der Waals surface area contributed by atoms with Crippen molar-refractivity contribution in [3.63, 3.8) is 0 Å². The van der Waals surface area contributed by atoms with Crippen LogP contribution >= 0.6 is 23.2 Å². The number of primary amides is 1. The summed E-state index contributed by atoms with van der Waals surface area (Å²) in [5, 5.41) is -0.826. The molecule has 3 N–H and O–H groups in total. The smallest absolute Gasteiger partial charge is 0.369 e. The van der Waals surface area contributed by atoms with E-state index in [9.17, 15) is 36.0 Å². The second kappa shape index (κ2) is 10.6. The molecule has 0 unspecified atom stereocenters. The molecule has 39 heavy (non-hydrogen) atoms. The average molecular weight is 607 g/mol. The topological polar surface area (TPSA) is 135 Å². The number of sulfone groups is 1. The van der Waals surface area contributed by atoms with Crippen LogP contribution < -0.4 is 17.0 Å². The van der Waals surface area contributed by atoms with Gasteiger partial charge in [-0.3, -0.25) is 19.1 Å². The van der Waals surface area contributed by atoms with E-state index in [-0.39, 0.29) is 45.4 Å². The number of nitrogens with zero attached hydrogens (tertiary/aromatic N) is 2. The van der Waals surface area contributed by atoms with Gasteiger partial charge in [-0.05, 0) is 48.4 Å². The number of likely N-dealkylation sites (tertiary alicyclic amines) is 1. The Hall–Kier alpha value is -2.87. The van der Waals surface area contributed by atoms with Crippen LogP contribution in [0, 0.1) is 5.92 Å². The standard InChI is InChI=1S/C24H23Cl2F3N4O5S/c1-2-39(37,38)18-4-3-14(25)7-13(18)10-33-22(35)15-8-17(24(27,28)29)16(19(26)20(15)31-23(33)36)11-32-6-5-12(9-32)21(30)34/h3-4,7-8,12H,2,5-6,9-11H2,1H3,(H2,30,34)(H,31,36)/t12-/m1/s1. The summed E-state index contributed by atoms with van der Waals surface area (Å²) >= 11 is 12.4. The number of fused-ring (bicyclic) bond motifs is 1. The van der Waals surface area contributed by atoms with Crippen molar-refractivity contribution < 1.29 is 26.4 Å². The molecule has 9 nitrogen and oxygen atoms in total. The summed E-state index contributed by atoms with van der Waals surface area (Å²) in [6.45, 7) is 1.00. The molecule has 0 saturated carbocycles. The second-order valence-corrected chi connectivity index (χ2v) is 12.3. The number of rotatable bonds is 7. The van der Waals surface area contributed by atoms with Gasteiger partial charge in [0.15, 0.2) is 9.84 Å². The van der Waals surface area contributed by atoms with Crippen LogP contribution in [-0.2, 0) is 33.9 Å². The zero-order valence-corrected chi connectivity index (χ0v) is 22.8. The van der Waals surface area contributed by atoms with Crippen LogP contribution in [0.2, 0.25) is 10.0 Å². The number of halogens is 5. The van der Waals surface area contributed by atoms with Gasteiger partial charge in [0.1, 0.15) is 0 Å². The van der Waals surface area contributed by atoms with Gasteiger partial charge < -0.3 is 10.7 Å². The summed E-state index contributed by atoms with van der Waals surface area (Å²) in [4.78, 5) is 41.6.